The summed E-state index contributed by atoms with van der Waals surface area (Å²) in [4.78, 5) is 7.35. The van der Waals surface area contributed by atoms with Gasteiger partial charge in [0.25, 0.3) is 0 Å². The van der Waals surface area contributed by atoms with Crippen molar-refractivity contribution in [3.63, 3.8) is 0 Å². The number of hydrogen-bond acceptors (Lipinski definition) is 2. The Morgan fingerprint density at radius 1 is 1.08 bits per heavy atom. The van der Waals surface area contributed by atoms with E-state index < -0.39 is 0 Å². The maximum absolute atomic E-state index is 4.78. The zero-order valence-corrected chi connectivity index (χ0v) is 19.1. The van der Waals surface area contributed by atoms with Crippen LogP contribution in [0.1, 0.15) is 51.2 Å². The molecule has 0 atom stereocenters. The molecule has 1 fully saturated rings. The smallest absolute Gasteiger partial charge is 0.191 e. The van der Waals surface area contributed by atoms with Gasteiger partial charge in [0.2, 0.25) is 0 Å². The van der Waals surface area contributed by atoms with Crippen LogP contribution in [0.4, 0.5) is 0 Å². The van der Waals surface area contributed by atoms with Gasteiger partial charge in [-0.3, -0.25) is 4.99 Å². The fourth-order valence-electron chi connectivity index (χ4n) is 3.37. The lowest BCUT2D eigenvalue weighted by Crippen LogP contribution is -2.48. The SMILES string of the molecule is CCCN1CCC(NC(=NCCc2ccc(CC)cc2)NCC)CC1.I. The number of halogens is 1. The summed E-state index contributed by atoms with van der Waals surface area (Å²) in [7, 11) is 0. The zero-order valence-electron chi connectivity index (χ0n) is 16.8. The maximum atomic E-state index is 4.78. The highest BCUT2D eigenvalue weighted by molar-refractivity contribution is 14.0. The number of likely N-dealkylation sites (tertiary alicyclic amines) is 1. The average Bonchev–Trinajstić information content (AvgIpc) is 2.64. The van der Waals surface area contributed by atoms with E-state index in [-0.39, 0.29) is 24.0 Å². The van der Waals surface area contributed by atoms with Crippen molar-refractivity contribution in [2.45, 2.75) is 58.9 Å². The minimum atomic E-state index is 0. The fourth-order valence-corrected chi connectivity index (χ4v) is 3.37. The molecule has 4 nitrogen and oxygen atoms in total. The number of nitrogens with one attached hydrogen (secondary N) is 2. The van der Waals surface area contributed by atoms with E-state index in [1.165, 1.54) is 50.0 Å². The number of guanidine groups is 1. The molecule has 5 heteroatoms. The second-order valence-electron chi connectivity index (χ2n) is 6.94. The van der Waals surface area contributed by atoms with E-state index in [4.69, 9.17) is 4.99 Å². The lowest BCUT2D eigenvalue weighted by Gasteiger charge is -2.32. The molecule has 1 aromatic rings. The second kappa shape index (κ2) is 13.4. The van der Waals surface area contributed by atoms with E-state index in [9.17, 15) is 0 Å². The molecule has 1 aliphatic rings. The highest BCUT2D eigenvalue weighted by Crippen LogP contribution is 2.10. The van der Waals surface area contributed by atoms with Gasteiger partial charge in [-0.15, -0.1) is 24.0 Å². The van der Waals surface area contributed by atoms with Gasteiger partial charge in [0.05, 0.1) is 0 Å². The van der Waals surface area contributed by atoms with Crippen molar-refractivity contribution in [1.82, 2.24) is 15.5 Å². The molecule has 0 amide bonds. The molecule has 26 heavy (non-hydrogen) atoms. The summed E-state index contributed by atoms with van der Waals surface area (Å²) >= 11 is 0. The lowest BCUT2D eigenvalue weighted by atomic mass is 10.1. The Bertz CT molecular complexity index is 507. The summed E-state index contributed by atoms with van der Waals surface area (Å²) in [5.41, 5.74) is 2.77. The molecular weight excluding hydrogens is 435 g/mol. The topological polar surface area (TPSA) is 39.7 Å². The van der Waals surface area contributed by atoms with Crippen molar-refractivity contribution in [3.8, 4) is 0 Å². The Kier molecular flexibility index (Phi) is 11.9. The van der Waals surface area contributed by atoms with Crippen molar-refractivity contribution in [2.24, 2.45) is 4.99 Å². The molecule has 0 spiro atoms. The summed E-state index contributed by atoms with van der Waals surface area (Å²) in [5, 5.41) is 7.03. The predicted octanol–water partition coefficient (Wildman–Crippen LogP) is 3.84. The Hall–Kier alpha value is -0.820. The Morgan fingerprint density at radius 2 is 1.73 bits per heavy atom. The van der Waals surface area contributed by atoms with Crippen molar-refractivity contribution in [1.29, 1.82) is 0 Å². The minimum Gasteiger partial charge on any atom is -0.357 e. The number of benzene rings is 1. The molecule has 1 saturated heterocycles. The van der Waals surface area contributed by atoms with Gasteiger partial charge in [-0.25, -0.2) is 0 Å². The number of aliphatic imine (C=N–C) groups is 1. The normalized spacial score (nSPS) is 16.2. The molecule has 0 unspecified atom stereocenters. The number of aryl methyl sites for hydroxylation is 1. The highest BCUT2D eigenvalue weighted by atomic mass is 127. The first-order chi connectivity index (χ1) is 12.2. The molecule has 1 heterocycles. The first-order valence-corrected chi connectivity index (χ1v) is 10.1. The molecule has 0 bridgehead atoms. The van der Waals surface area contributed by atoms with E-state index >= 15 is 0 Å². The number of nitrogens with zero attached hydrogens (tertiary/aromatic N) is 2. The number of rotatable bonds is 8. The van der Waals surface area contributed by atoms with Crippen LogP contribution in [0.25, 0.3) is 0 Å². The third kappa shape index (κ3) is 8.25. The summed E-state index contributed by atoms with van der Waals surface area (Å²) in [6.07, 6.45) is 5.77. The fraction of sp³-hybridized carbons (Fsp3) is 0.667. The van der Waals surface area contributed by atoms with Crippen LogP contribution in [0.5, 0.6) is 0 Å². The van der Waals surface area contributed by atoms with Gasteiger partial charge in [0.1, 0.15) is 0 Å². The molecule has 0 aromatic heterocycles. The van der Waals surface area contributed by atoms with Crippen LogP contribution in [0.15, 0.2) is 29.3 Å². The van der Waals surface area contributed by atoms with Gasteiger partial charge in [-0.05, 0) is 56.7 Å². The summed E-state index contributed by atoms with van der Waals surface area (Å²) < 4.78 is 0. The molecule has 1 aromatic carbocycles. The van der Waals surface area contributed by atoms with Gasteiger partial charge >= 0.3 is 0 Å². The van der Waals surface area contributed by atoms with E-state index in [1.54, 1.807) is 0 Å². The number of piperidine rings is 1. The van der Waals surface area contributed by atoms with Crippen molar-refractivity contribution >= 4 is 29.9 Å². The molecule has 2 rings (SSSR count). The maximum Gasteiger partial charge on any atom is 0.191 e. The molecule has 1 aliphatic heterocycles. The van der Waals surface area contributed by atoms with Crippen molar-refractivity contribution in [3.05, 3.63) is 35.4 Å². The van der Waals surface area contributed by atoms with Crippen molar-refractivity contribution in [2.75, 3.05) is 32.7 Å². The standard InChI is InChI=1S/C21H36N4.HI/c1-4-15-25-16-12-20(13-17-25)24-21(22-6-3)23-14-11-19-9-7-18(5-2)8-10-19;/h7-10,20H,4-6,11-17H2,1-3H3,(H2,22,23,24);1H. The van der Waals surface area contributed by atoms with Gasteiger partial charge < -0.3 is 15.5 Å². The first kappa shape index (κ1) is 23.2. The van der Waals surface area contributed by atoms with Crippen LogP contribution < -0.4 is 10.6 Å². The molecule has 2 N–H and O–H groups in total. The molecule has 0 aliphatic carbocycles. The Labute approximate surface area is 177 Å². The summed E-state index contributed by atoms with van der Waals surface area (Å²) in [6.45, 7) is 12.0. The molecule has 0 saturated carbocycles. The van der Waals surface area contributed by atoms with Gasteiger partial charge in [0.15, 0.2) is 5.96 Å². The lowest BCUT2D eigenvalue weighted by molar-refractivity contribution is 0.206. The van der Waals surface area contributed by atoms with Gasteiger partial charge in [0, 0.05) is 32.2 Å². The zero-order chi connectivity index (χ0) is 17.9. The third-order valence-corrected chi connectivity index (χ3v) is 4.91. The summed E-state index contributed by atoms with van der Waals surface area (Å²) in [5.74, 6) is 0.974. The number of hydrogen-bond donors (Lipinski definition) is 2. The van der Waals surface area contributed by atoms with Crippen molar-refractivity contribution < 1.29 is 0 Å². The Balaban J connectivity index is 0.00000338. The first-order valence-electron chi connectivity index (χ1n) is 10.1. The second-order valence-corrected chi connectivity index (χ2v) is 6.94. The van der Waals surface area contributed by atoms with Crippen LogP contribution in [0, 0.1) is 0 Å². The third-order valence-electron chi connectivity index (χ3n) is 4.91. The Morgan fingerprint density at radius 3 is 2.31 bits per heavy atom. The van der Waals surface area contributed by atoms with Crippen LogP contribution in [-0.4, -0.2) is 49.6 Å². The minimum absolute atomic E-state index is 0. The van der Waals surface area contributed by atoms with E-state index in [0.29, 0.717) is 6.04 Å². The highest BCUT2D eigenvalue weighted by Gasteiger charge is 2.19. The van der Waals surface area contributed by atoms with Gasteiger partial charge in [-0.2, -0.15) is 0 Å². The van der Waals surface area contributed by atoms with Crippen LogP contribution in [0.2, 0.25) is 0 Å². The van der Waals surface area contributed by atoms with E-state index in [1.807, 2.05) is 0 Å². The van der Waals surface area contributed by atoms with E-state index in [2.05, 4.69) is 60.6 Å². The molecule has 0 radical (unpaired) electrons. The van der Waals surface area contributed by atoms with E-state index in [0.717, 1.165) is 31.9 Å². The monoisotopic (exact) mass is 472 g/mol. The molecule has 148 valence electrons. The quantitative estimate of drug-likeness (QED) is 0.343. The van der Waals surface area contributed by atoms with Crippen LogP contribution in [0.3, 0.4) is 0 Å². The van der Waals surface area contributed by atoms with Crippen LogP contribution in [-0.2, 0) is 12.8 Å². The van der Waals surface area contributed by atoms with Crippen LogP contribution >= 0.6 is 24.0 Å². The molecular formula is C21H37IN4. The largest absolute Gasteiger partial charge is 0.357 e. The van der Waals surface area contributed by atoms with Gasteiger partial charge in [-0.1, -0.05) is 38.1 Å². The average molecular weight is 472 g/mol. The predicted molar refractivity (Wildman–Crippen MR) is 124 cm³/mol. The summed E-state index contributed by atoms with van der Waals surface area (Å²) in [6, 6.07) is 9.48.